The van der Waals surface area contributed by atoms with E-state index in [1.54, 1.807) is 12.1 Å². The first kappa shape index (κ1) is 23.8. The van der Waals surface area contributed by atoms with Crippen molar-refractivity contribution in [2.75, 3.05) is 0 Å². The minimum absolute atomic E-state index is 0.116. The summed E-state index contributed by atoms with van der Waals surface area (Å²) in [5.74, 6) is 0.443. The van der Waals surface area contributed by atoms with Gasteiger partial charge in [-0.1, -0.05) is 25.1 Å². The van der Waals surface area contributed by atoms with Gasteiger partial charge < -0.3 is 4.98 Å². The predicted molar refractivity (Wildman–Crippen MR) is 131 cm³/mol. The number of benzene rings is 2. The highest BCUT2D eigenvalue weighted by Gasteiger charge is 2.25. The average Bonchev–Trinajstić information content (AvgIpc) is 3.25. The molecule has 2 aromatic heterocycles. The van der Waals surface area contributed by atoms with Gasteiger partial charge >= 0.3 is 0 Å². The fourth-order valence-electron chi connectivity index (χ4n) is 4.21. The standard InChI is InChI=1S/C26H31FN6O/c1-6-26(4,5)33-24(29-30-31-33)16-32(14-19-7-9-21(27)10-8-19)15-20-13-22-18(3)11-17(2)12-23(22)28-25(20)34/h7-13H,6,14-16H2,1-5H3,(H,28,34). The van der Waals surface area contributed by atoms with Crippen molar-refractivity contribution >= 4 is 10.9 Å². The third kappa shape index (κ3) is 5.07. The SMILES string of the molecule is CCC(C)(C)n1nnnc1CN(Cc1ccc(F)cc1)Cc1cc2c(C)cc(C)cc2[nH]c1=O. The summed E-state index contributed by atoms with van der Waals surface area (Å²) in [5, 5.41) is 13.4. The molecular weight excluding hydrogens is 431 g/mol. The number of rotatable bonds is 8. The first-order chi connectivity index (χ1) is 16.2. The summed E-state index contributed by atoms with van der Waals surface area (Å²) in [6.07, 6.45) is 0.867. The van der Waals surface area contributed by atoms with E-state index in [1.165, 1.54) is 12.1 Å². The molecule has 0 radical (unpaired) electrons. The Kier molecular flexibility index (Phi) is 6.61. The third-order valence-corrected chi connectivity index (χ3v) is 6.44. The molecule has 0 fully saturated rings. The van der Waals surface area contributed by atoms with Crippen LogP contribution in [0.1, 0.15) is 55.3 Å². The van der Waals surface area contributed by atoms with E-state index in [-0.39, 0.29) is 16.9 Å². The Hall–Kier alpha value is -3.39. The van der Waals surface area contributed by atoms with E-state index in [9.17, 15) is 9.18 Å². The van der Waals surface area contributed by atoms with Gasteiger partial charge in [-0.25, -0.2) is 9.07 Å². The van der Waals surface area contributed by atoms with E-state index in [0.717, 1.165) is 39.8 Å². The van der Waals surface area contributed by atoms with Crippen molar-refractivity contribution in [3.8, 4) is 0 Å². The highest BCUT2D eigenvalue weighted by molar-refractivity contribution is 5.83. The molecule has 4 rings (SSSR count). The van der Waals surface area contributed by atoms with Crippen LogP contribution in [-0.2, 0) is 25.2 Å². The van der Waals surface area contributed by atoms with Crippen LogP contribution in [-0.4, -0.2) is 30.1 Å². The van der Waals surface area contributed by atoms with Gasteiger partial charge in [-0.05, 0) is 85.5 Å². The third-order valence-electron chi connectivity index (χ3n) is 6.44. The Morgan fingerprint density at radius 3 is 2.50 bits per heavy atom. The van der Waals surface area contributed by atoms with Crippen LogP contribution in [0.2, 0.25) is 0 Å². The molecular formula is C26H31FN6O. The smallest absolute Gasteiger partial charge is 0.252 e. The van der Waals surface area contributed by atoms with Crippen molar-refractivity contribution in [1.29, 1.82) is 0 Å². The number of aromatic amines is 1. The summed E-state index contributed by atoms with van der Waals surface area (Å²) in [7, 11) is 0. The molecule has 0 aliphatic carbocycles. The molecule has 0 saturated carbocycles. The van der Waals surface area contributed by atoms with Crippen molar-refractivity contribution in [3.05, 3.63) is 86.7 Å². The van der Waals surface area contributed by atoms with Crippen LogP contribution in [0.4, 0.5) is 4.39 Å². The first-order valence-corrected chi connectivity index (χ1v) is 11.5. The topological polar surface area (TPSA) is 79.7 Å². The van der Waals surface area contributed by atoms with Crippen molar-refractivity contribution in [2.24, 2.45) is 0 Å². The highest BCUT2D eigenvalue weighted by Crippen LogP contribution is 2.22. The van der Waals surface area contributed by atoms with Gasteiger partial charge in [0, 0.05) is 29.6 Å². The maximum Gasteiger partial charge on any atom is 0.252 e. The second-order valence-electron chi connectivity index (χ2n) is 9.61. The fourth-order valence-corrected chi connectivity index (χ4v) is 4.21. The van der Waals surface area contributed by atoms with Gasteiger partial charge in [0.25, 0.3) is 5.56 Å². The number of aryl methyl sites for hydroxylation is 2. The number of nitrogens with one attached hydrogen (secondary N) is 1. The zero-order valence-electron chi connectivity index (χ0n) is 20.4. The predicted octanol–water partition coefficient (Wildman–Crippen LogP) is 4.62. The molecule has 2 heterocycles. The lowest BCUT2D eigenvalue weighted by Crippen LogP contribution is -2.32. The molecule has 0 unspecified atom stereocenters. The summed E-state index contributed by atoms with van der Waals surface area (Å²) in [6, 6.07) is 12.5. The van der Waals surface area contributed by atoms with Crippen LogP contribution in [0.5, 0.6) is 0 Å². The number of tetrazole rings is 1. The van der Waals surface area contributed by atoms with Crippen molar-refractivity contribution in [1.82, 2.24) is 30.1 Å². The van der Waals surface area contributed by atoms with Crippen LogP contribution in [0, 0.1) is 19.7 Å². The molecule has 8 heteroatoms. The second-order valence-corrected chi connectivity index (χ2v) is 9.61. The molecule has 178 valence electrons. The number of pyridine rings is 1. The maximum absolute atomic E-state index is 13.5. The lowest BCUT2D eigenvalue weighted by atomic mass is 10.0. The van der Waals surface area contributed by atoms with Crippen molar-refractivity contribution in [3.63, 3.8) is 0 Å². The first-order valence-electron chi connectivity index (χ1n) is 11.5. The maximum atomic E-state index is 13.5. The number of aromatic nitrogens is 5. The molecule has 7 nitrogen and oxygen atoms in total. The Morgan fingerprint density at radius 2 is 1.79 bits per heavy atom. The van der Waals surface area contributed by atoms with Gasteiger partial charge in [0.05, 0.1) is 12.1 Å². The number of H-pyrrole nitrogens is 1. The van der Waals surface area contributed by atoms with Crippen LogP contribution in [0.3, 0.4) is 0 Å². The molecule has 0 aliphatic heterocycles. The van der Waals surface area contributed by atoms with E-state index in [1.807, 2.05) is 23.7 Å². The molecule has 4 aromatic rings. The number of hydrogen-bond donors (Lipinski definition) is 1. The van der Waals surface area contributed by atoms with E-state index >= 15 is 0 Å². The minimum Gasteiger partial charge on any atom is -0.322 e. The zero-order chi connectivity index (χ0) is 24.5. The minimum atomic E-state index is -0.277. The quantitative estimate of drug-likeness (QED) is 0.413. The number of halogens is 1. The monoisotopic (exact) mass is 462 g/mol. The Balaban J connectivity index is 1.70. The lowest BCUT2D eigenvalue weighted by molar-refractivity contribution is 0.217. The molecule has 0 amide bonds. The Morgan fingerprint density at radius 1 is 1.06 bits per heavy atom. The van der Waals surface area contributed by atoms with E-state index in [0.29, 0.717) is 25.2 Å². The molecule has 0 saturated heterocycles. The summed E-state index contributed by atoms with van der Waals surface area (Å²) < 4.78 is 15.3. The van der Waals surface area contributed by atoms with E-state index in [4.69, 9.17) is 0 Å². The van der Waals surface area contributed by atoms with Crippen LogP contribution >= 0.6 is 0 Å². The van der Waals surface area contributed by atoms with Gasteiger partial charge in [-0.15, -0.1) is 5.10 Å². The molecule has 0 bridgehead atoms. The lowest BCUT2D eigenvalue weighted by Gasteiger charge is -2.27. The second kappa shape index (κ2) is 9.46. The highest BCUT2D eigenvalue weighted by atomic mass is 19.1. The fraction of sp³-hybridized carbons (Fsp3) is 0.385. The molecule has 2 aromatic carbocycles. The molecule has 34 heavy (non-hydrogen) atoms. The summed E-state index contributed by atoms with van der Waals surface area (Å²) in [6.45, 7) is 11.7. The zero-order valence-corrected chi connectivity index (χ0v) is 20.4. The van der Waals surface area contributed by atoms with Crippen LogP contribution in [0.25, 0.3) is 10.9 Å². The van der Waals surface area contributed by atoms with Crippen molar-refractivity contribution in [2.45, 2.75) is 66.2 Å². The molecule has 0 spiro atoms. The summed E-state index contributed by atoms with van der Waals surface area (Å²) >= 11 is 0. The van der Waals surface area contributed by atoms with E-state index < -0.39 is 0 Å². The molecule has 0 atom stereocenters. The number of nitrogens with zero attached hydrogens (tertiary/aromatic N) is 5. The van der Waals surface area contributed by atoms with Gasteiger partial charge in [0.15, 0.2) is 5.82 Å². The average molecular weight is 463 g/mol. The van der Waals surface area contributed by atoms with Crippen LogP contribution in [0.15, 0.2) is 47.3 Å². The van der Waals surface area contributed by atoms with Gasteiger partial charge in [0.2, 0.25) is 0 Å². The Bertz CT molecular complexity index is 1360. The molecule has 1 N–H and O–H groups in total. The molecule has 0 aliphatic rings. The largest absolute Gasteiger partial charge is 0.322 e. The summed E-state index contributed by atoms with van der Waals surface area (Å²) in [4.78, 5) is 18.1. The van der Waals surface area contributed by atoms with Crippen LogP contribution < -0.4 is 5.56 Å². The van der Waals surface area contributed by atoms with Gasteiger partial charge in [0.1, 0.15) is 5.82 Å². The van der Waals surface area contributed by atoms with Gasteiger partial charge in [-0.3, -0.25) is 9.69 Å². The summed E-state index contributed by atoms with van der Waals surface area (Å²) in [5.41, 5.74) is 4.31. The van der Waals surface area contributed by atoms with Crippen molar-refractivity contribution < 1.29 is 4.39 Å². The van der Waals surface area contributed by atoms with E-state index in [2.05, 4.69) is 59.2 Å². The normalized spacial score (nSPS) is 12.1. The number of hydrogen-bond acceptors (Lipinski definition) is 5. The number of fused-ring (bicyclic) bond motifs is 1. The van der Waals surface area contributed by atoms with Gasteiger partial charge in [-0.2, -0.15) is 0 Å². The Labute approximate surface area is 198 Å².